The van der Waals surface area contributed by atoms with Crippen molar-refractivity contribution in [1.29, 1.82) is 0 Å². The largest absolute Gasteiger partial charge is 0.444 e. The van der Waals surface area contributed by atoms with E-state index in [4.69, 9.17) is 10.2 Å². The molecule has 29 heavy (non-hydrogen) atoms. The maximum absolute atomic E-state index is 13.2. The number of benzene rings is 1. The molecule has 1 atom stereocenters. The van der Waals surface area contributed by atoms with Crippen LogP contribution in [0.4, 0.5) is 8.78 Å². The highest BCUT2D eigenvalue weighted by molar-refractivity contribution is 5.92. The van der Waals surface area contributed by atoms with E-state index in [1.54, 1.807) is 0 Å². The van der Waals surface area contributed by atoms with Gasteiger partial charge in [-0.2, -0.15) is 0 Å². The molecule has 1 aliphatic heterocycles. The number of alkyl halides is 2. The molecule has 3 N–H and O–H groups in total. The second kappa shape index (κ2) is 9.13. The summed E-state index contributed by atoms with van der Waals surface area (Å²) in [5.41, 5.74) is 6.80. The number of unbranched alkanes of at least 4 members (excludes halogenated alkanes) is 1. The fraction of sp³-hybridized carbons (Fsp3) is 0.450. The molecule has 0 bridgehead atoms. The van der Waals surface area contributed by atoms with E-state index in [9.17, 15) is 18.4 Å². The van der Waals surface area contributed by atoms with E-state index in [0.717, 1.165) is 10.5 Å². The fourth-order valence-corrected chi connectivity index (χ4v) is 3.16. The molecule has 7 nitrogen and oxygen atoms in total. The van der Waals surface area contributed by atoms with Gasteiger partial charge in [0.15, 0.2) is 5.69 Å². The van der Waals surface area contributed by atoms with E-state index in [2.05, 4.69) is 10.3 Å². The monoisotopic (exact) mass is 406 g/mol. The number of likely N-dealkylation sites (tertiary alicyclic amines) is 1. The molecule has 2 heterocycles. The molecule has 2 amide bonds. The lowest BCUT2D eigenvalue weighted by Gasteiger charge is -2.20. The van der Waals surface area contributed by atoms with Gasteiger partial charge in [-0.3, -0.25) is 9.59 Å². The predicted molar refractivity (Wildman–Crippen MR) is 102 cm³/mol. The molecular formula is C20H24F2N4O3. The highest BCUT2D eigenvalue weighted by Gasteiger charge is 2.41. The quantitative estimate of drug-likeness (QED) is 0.656. The lowest BCUT2D eigenvalue weighted by Crippen LogP contribution is -2.43. The molecule has 1 fully saturated rings. The number of nitrogens with two attached hydrogens (primary N) is 1. The standard InChI is InChI=1S/C20H24F2N4O3/c21-20(22)9-11-26(13-20)19(28)15(23)8-4-5-10-24-17(27)16-12-29-18(25-16)14-6-2-1-3-7-14/h1-3,6-7,12,15H,4-5,8-11,13,23H2,(H,24,27)/t15-/m0/s1. The SMILES string of the molecule is N[C@@H](CCCCNC(=O)c1coc(-c2ccccc2)n1)C(=O)N1CCC(F)(F)C1. The molecule has 156 valence electrons. The number of nitrogens with zero attached hydrogens (tertiary/aromatic N) is 2. The summed E-state index contributed by atoms with van der Waals surface area (Å²) in [7, 11) is 0. The molecule has 1 saturated heterocycles. The molecule has 0 spiro atoms. The average molecular weight is 406 g/mol. The number of rotatable bonds is 8. The van der Waals surface area contributed by atoms with E-state index in [1.165, 1.54) is 6.26 Å². The Hall–Kier alpha value is -2.81. The third-order valence-electron chi connectivity index (χ3n) is 4.78. The summed E-state index contributed by atoms with van der Waals surface area (Å²) in [6, 6.07) is 8.44. The van der Waals surface area contributed by atoms with Crippen LogP contribution in [0.5, 0.6) is 0 Å². The van der Waals surface area contributed by atoms with E-state index in [0.29, 0.717) is 31.7 Å². The number of halogens is 2. The second-order valence-corrected chi connectivity index (χ2v) is 7.13. The molecule has 1 aromatic heterocycles. The van der Waals surface area contributed by atoms with Crippen molar-refractivity contribution in [2.45, 2.75) is 37.6 Å². The summed E-state index contributed by atoms with van der Waals surface area (Å²) in [6.45, 7) is -0.133. The van der Waals surface area contributed by atoms with E-state index in [1.807, 2.05) is 30.3 Å². The first-order valence-corrected chi connectivity index (χ1v) is 9.57. The number of oxazole rings is 1. The fourth-order valence-electron chi connectivity index (χ4n) is 3.16. The van der Waals surface area contributed by atoms with Crippen LogP contribution in [-0.4, -0.2) is 53.3 Å². The maximum Gasteiger partial charge on any atom is 0.273 e. The van der Waals surface area contributed by atoms with Crippen molar-refractivity contribution in [2.24, 2.45) is 5.73 Å². The summed E-state index contributed by atoms with van der Waals surface area (Å²) < 4.78 is 31.7. The number of nitrogens with one attached hydrogen (secondary N) is 1. The minimum absolute atomic E-state index is 0.0399. The Kier molecular flexibility index (Phi) is 6.58. The summed E-state index contributed by atoms with van der Waals surface area (Å²) in [5, 5.41) is 2.74. The summed E-state index contributed by atoms with van der Waals surface area (Å²) >= 11 is 0. The van der Waals surface area contributed by atoms with Gasteiger partial charge in [0.05, 0.1) is 12.6 Å². The van der Waals surface area contributed by atoms with E-state index >= 15 is 0 Å². The Morgan fingerprint density at radius 2 is 2.03 bits per heavy atom. The normalized spacial score (nSPS) is 16.6. The predicted octanol–water partition coefficient (Wildman–Crippen LogP) is 2.44. The minimum Gasteiger partial charge on any atom is -0.444 e. The van der Waals surface area contributed by atoms with Crippen LogP contribution in [0.25, 0.3) is 11.5 Å². The number of carbonyl (C=O) groups excluding carboxylic acids is 2. The summed E-state index contributed by atoms with van der Waals surface area (Å²) in [4.78, 5) is 29.5. The Balaban J connectivity index is 1.36. The molecule has 9 heteroatoms. The Morgan fingerprint density at radius 3 is 2.72 bits per heavy atom. The zero-order chi connectivity index (χ0) is 20.9. The first-order valence-electron chi connectivity index (χ1n) is 9.57. The third-order valence-corrected chi connectivity index (χ3v) is 4.78. The minimum atomic E-state index is -2.82. The van der Waals surface area contributed by atoms with Gasteiger partial charge in [-0.05, 0) is 31.4 Å². The molecule has 0 aliphatic carbocycles. The molecule has 2 aromatic rings. The molecular weight excluding hydrogens is 382 g/mol. The number of hydrogen-bond donors (Lipinski definition) is 2. The first-order chi connectivity index (χ1) is 13.9. The molecule has 0 radical (unpaired) electrons. The Labute approximate surface area is 167 Å². The van der Waals surface area contributed by atoms with Crippen LogP contribution in [0.2, 0.25) is 0 Å². The molecule has 0 unspecified atom stereocenters. The van der Waals surface area contributed by atoms with Gasteiger partial charge >= 0.3 is 0 Å². The Bertz CT molecular complexity index is 841. The van der Waals surface area contributed by atoms with Gasteiger partial charge in [0.2, 0.25) is 11.8 Å². The van der Waals surface area contributed by atoms with Crippen LogP contribution in [-0.2, 0) is 4.79 Å². The molecule has 1 aliphatic rings. The zero-order valence-corrected chi connectivity index (χ0v) is 15.9. The van der Waals surface area contributed by atoms with Crippen molar-refractivity contribution in [3.05, 3.63) is 42.3 Å². The van der Waals surface area contributed by atoms with E-state index in [-0.39, 0.29) is 24.6 Å². The lowest BCUT2D eigenvalue weighted by atomic mass is 10.1. The van der Waals surface area contributed by atoms with Crippen LogP contribution >= 0.6 is 0 Å². The summed E-state index contributed by atoms with van der Waals surface area (Å²) in [6.07, 6.45) is 2.56. The van der Waals surface area contributed by atoms with Crippen LogP contribution in [0.1, 0.15) is 36.2 Å². The van der Waals surface area contributed by atoms with Crippen LogP contribution in [0, 0.1) is 0 Å². The highest BCUT2D eigenvalue weighted by atomic mass is 19.3. The van der Waals surface area contributed by atoms with Gasteiger partial charge in [0, 0.05) is 25.1 Å². The summed E-state index contributed by atoms with van der Waals surface area (Å²) in [5.74, 6) is -3.24. The average Bonchev–Trinajstić information content (AvgIpc) is 3.34. The van der Waals surface area contributed by atoms with Gasteiger partial charge < -0.3 is 20.4 Å². The smallest absolute Gasteiger partial charge is 0.273 e. The van der Waals surface area contributed by atoms with Gasteiger partial charge in [-0.15, -0.1) is 0 Å². The van der Waals surface area contributed by atoms with Crippen molar-refractivity contribution in [3.63, 3.8) is 0 Å². The topological polar surface area (TPSA) is 101 Å². The van der Waals surface area contributed by atoms with E-state index < -0.39 is 24.4 Å². The van der Waals surface area contributed by atoms with Gasteiger partial charge in [-0.1, -0.05) is 18.2 Å². The molecule has 0 saturated carbocycles. The van der Waals surface area contributed by atoms with Crippen molar-refractivity contribution < 1.29 is 22.8 Å². The second-order valence-electron chi connectivity index (χ2n) is 7.13. The number of amides is 2. The first kappa shape index (κ1) is 20.9. The number of hydrogen-bond acceptors (Lipinski definition) is 5. The van der Waals surface area contributed by atoms with Crippen molar-refractivity contribution in [3.8, 4) is 11.5 Å². The third kappa shape index (κ3) is 5.60. The zero-order valence-electron chi connectivity index (χ0n) is 15.9. The van der Waals surface area contributed by atoms with Crippen LogP contribution in [0.15, 0.2) is 41.0 Å². The van der Waals surface area contributed by atoms with Gasteiger partial charge in [0.1, 0.15) is 6.26 Å². The van der Waals surface area contributed by atoms with Gasteiger partial charge in [-0.25, -0.2) is 13.8 Å². The number of carbonyl (C=O) groups is 2. The van der Waals surface area contributed by atoms with Crippen molar-refractivity contribution in [1.82, 2.24) is 15.2 Å². The van der Waals surface area contributed by atoms with Crippen molar-refractivity contribution in [2.75, 3.05) is 19.6 Å². The Morgan fingerprint density at radius 1 is 1.28 bits per heavy atom. The molecule has 3 rings (SSSR count). The van der Waals surface area contributed by atoms with Crippen molar-refractivity contribution >= 4 is 11.8 Å². The van der Waals surface area contributed by atoms with Crippen LogP contribution < -0.4 is 11.1 Å². The molecule has 1 aromatic carbocycles. The lowest BCUT2D eigenvalue weighted by molar-refractivity contribution is -0.133. The van der Waals surface area contributed by atoms with Gasteiger partial charge in [0.25, 0.3) is 11.8 Å². The van der Waals surface area contributed by atoms with Crippen LogP contribution in [0.3, 0.4) is 0 Å². The highest BCUT2D eigenvalue weighted by Crippen LogP contribution is 2.27. The number of aromatic nitrogens is 1. The maximum atomic E-state index is 13.2.